The average molecular weight is 308 g/mol. The van der Waals surface area contributed by atoms with Crippen molar-refractivity contribution in [3.63, 3.8) is 0 Å². The van der Waals surface area contributed by atoms with Gasteiger partial charge in [0.1, 0.15) is 0 Å². The number of para-hydroxylation sites is 1. The summed E-state index contributed by atoms with van der Waals surface area (Å²) in [6.07, 6.45) is 2.82. The maximum Gasteiger partial charge on any atom is 0.339 e. The molecule has 5 heteroatoms. The van der Waals surface area contributed by atoms with E-state index in [4.69, 9.17) is 9.26 Å². The van der Waals surface area contributed by atoms with E-state index in [1.807, 2.05) is 31.2 Å². The van der Waals surface area contributed by atoms with Crippen molar-refractivity contribution < 1.29 is 14.1 Å². The van der Waals surface area contributed by atoms with Crippen molar-refractivity contribution in [3.8, 4) is 0 Å². The van der Waals surface area contributed by atoms with E-state index in [9.17, 15) is 4.79 Å². The number of carbonyl (C=O) groups excluding carboxylic acids is 1. The minimum atomic E-state index is -0.323. The lowest BCUT2D eigenvalue weighted by molar-refractivity contribution is 0.0438. The fourth-order valence-electron chi connectivity index (χ4n) is 3.14. The smallest absolute Gasteiger partial charge is 0.339 e. The molecule has 2 aromatic heterocycles. The highest BCUT2D eigenvalue weighted by molar-refractivity contribution is 6.05. The molecule has 0 radical (unpaired) electrons. The first-order valence-electron chi connectivity index (χ1n) is 7.72. The van der Waals surface area contributed by atoms with E-state index in [0.717, 1.165) is 47.1 Å². The quantitative estimate of drug-likeness (QED) is 0.694. The molecule has 4 rings (SSSR count). The van der Waals surface area contributed by atoms with Gasteiger partial charge < -0.3 is 9.26 Å². The van der Waals surface area contributed by atoms with Crippen molar-refractivity contribution in [1.82, 2.24) is 10.1 Å². The van der Waals surface area contributed by atoms with Gasteiger partial charge in [-0.2, -0.15) is 0 Å². The van der Waals surface area contributed by atoms with Crippen LogP contribution in [0.1, 0.15) is 39.5 Å². The molecule has 5 nitrogen and oxygen atoms in total. The van der Waals surface area contributed by atoms with Gasteiger partial charge in [0.05, 0.1) is 16.8 Å². The van der Waals surface area contributed by atoms with Gasteiger partial charge >= 0.3 is 5.97 Å². The van der Waals surface area contributed by atoms with Crippen molar-refractivity contribution in [2.75, 3.05) is 0 Å². The first-order valence-corrected chi connectivity index (χ1v) is 7.72. The molecule has 0 unspecified atom stereocenters. The molecule has 116 valence electrons. The van der Waals surface area contributed by atoms with Gasteiger partial charge in [0, 0.05) is 17.1 Å². The minimum Gasteiger partial charge on any atom is -0.454 e. The minimum absolute atomic E-state index is 0.0884. The number of fused-ring (bicyclic) bond motifs is 2. The molecular formula is C18H16N2O3. The molecule has 0 bridgehead atoms. The lowest BCUT2D eigenvalue weighted by atomic mass is 10.0. The van der Waals surface area contributed by atoms with Gasteiger partial charge in [-0.05, 0) is 37.8 Å². The molecule has 0 amide bonds. The Balaban J connectivity index is 1.71. The lowest BCUT2D eigenvalue weighted by Crippen LogP contribution is -2.10. The molecule has 1 aromatic carbocycles. The molecule has 0 spiro atoms. The van der Waals surface area contributed by atoms with Crippen LogP contribution in [0.3, 0.4) is 0 Å². The maximum atomic E-state index is 12.7. The van der Waals surface area contributed by atoms with Crippen molar-refractivity contribution in [1.29, 1.82) is 0 Å². The van der Waals surface area contributed by atoms with E-state index in [2.05, 4.69) is 10.1 Å². The Bertz CT molecular complexity index is 898. The number of hydrogen-bond donors (Lipinski definition) is 0. The van der Waals surface area contributed by atoms with Crippen LogP contribution in [0.2, 0.25) is 0 Å². The first-order chi connectivity index (χ1) is 11.2. The van der Waals surface area contributed by atoms with E-state index >= 15 is 0 Å². The molecule has 0 fully saturated rings. The predicted molar refractivity (Wildman–Crippen MR) is 84.1 cm³/mol. The number of rotatable bonds is 3. The maximum absolute atomic E-state index is 12.7. The topological polar surface area (TPSA) is 65.2 Å². The molecule has 1 aliphatic rings. The molecule has 23 heavy (non-hydrogen) atoms. The summed E-state index contributed by atoms with van der Waals surface area (Å²) in [6.45, 7) is 1.92. The van der Waals surface area contributed by atoms with Crippen molar-refractivity contribution >= 4 is 16.9 Å². The fraction of sp³-hybridized carbons (Fsp3) is 0.278. The number of nitrogens with zero attached hydrogens (tertiary/aromatic N) is 2. The Morgan fingerprint density at radius 2 is 2.17 bits per heavy atom. The molecule has 0 saturated carbocycles. The summed E-state index contributed by atoms with van der Waals surface area (Å²) in [5.41, 5.74) is 4.31. The Kier molecular flexibility index (Phi) is 3.33. The van der Waals surface area contributed by atoms with Gasteiger partial charge in [-0.3, -0.25) is 4.98 Å². The zero-order chi connectivity index (χ0) is 15.8. The number of aryl methyl sites for hydroxylation is 2. The SMILES string of the molecule is Cc1cc(COC(=O)c2c3c(nc4ccccc24)CCC3)on1. The van der Waals surface area contributed by atoms with Gasteiger partial charge in [0.15, 0.2) is 12.4 Å². The van der Waals surface area contributed by atoms with Crippen LogP contribution in [-0.2, 0) is 24.2 Å². The monoisotopic (exact) mass is 308 g/mol. The normalized spacial score (nSPS) is 13.3. The standard InChI is InChI=1S/C18H16N2O3/c1-11-9-12(23-20-11)10-22-18(21)17-13-5-2-3-7-15(13)19-16-8-4-6-14(16)17/h2-3,5,7,9H,4,6,8,10H2,1H3. The van der Waals surface area contributed by atoms with Crippen LogP contribution in [0.25, 0.3) is 10.9 Å². The third-order valence-electron chi connectivity index (χ3n) is 4.15. The number of benzene rings is 1. The zero-order valence-electron chi connectivity index (χ0n) is 12.8. The summed E-state index contributed by atoms with van der Waals surface area (Å²) in [5, 5.41) is 4.65. The second-order valence-electron chi connectivity index (χ2n) is 5.79. The predicted octanol–water partition coefficient (Wildman–Crippen LogP) is 3.38. The summed E-state index contributed by atoms with van der Waals surface area (Å²) >= 11 is 0. The van der Waals surface area contributed by atoms with E-state index in [0.29, 0.717) is 11.3 Å². The molecule has 2 heterocycles. The van der Waals surface area contributed by atoms with Crippen LogP contribution in [0.4, 0.5) is 0 Å². The van der Waals surface area contributed by atoms with Crippen LogP contribution in [0, 0.1) is 6.92 Å². The Hall–Kier alpha value is -2.69. The average Bonchev–Trinajstić information content (AvgIpc) is 3.18. The second-order valence-corrected chi connectivity index (χ2v) is 5.79. The number of carbonyl (C=O) groups is 1. The van der Waals surface area contributed by atoms with Crippen LogP contribution >= 0.6 is 0 Å². The second kappa shape index (κ2) is 5.50. The zero-order valence-corrected chi connectivity index (χ0v) is 12.8. The third kappa shape index (κ3) is 2.48. The van der Waals surface area contributed by atoms with Crippen molar-refractivity contribution in [3.05, 3.63) is 58.6 Å². The van der Waals surface area contributed by atoms with Crippen molar-refractivity contribution in [2.24, 2.45) is 0 Å². The summed E-state index contributed by atoms with van der Waals surface area (Å²) < 4.78 is 10.6. The van der Waals surface area contributed by atoms with E-state index in [1.165, 1.54) is 0 Å². The summed E-state index contributed by atoms with van der Waals surface area (Å²) in [5.74, 6) is 0.224. The highest BCUT2D eigenvalue weighted by Gasteiger charge is 2.24. The Morgan fingerprint density at radius 1 is 1.30 bits per heavy atom. The number of ether oxygens (including phenoxy) is 1. The number of pyridine rings is 1. The molecule has 0 N–H and O–H groups in total. The fourth-order valence-corrected chi connectivity index (χ4v) is 3.14. The Morgan fingerprint density at radius 3 is 3.00 bits per heavy atom. The van der Waals surface area contributed by atoms with E-state index in [-0.39, 0.29) is 12.6 Å². The molecule has 0 atom stereocenters. The summed E-state index contributed by atoms with van der Waals surface area (Å²) in [6, 6.07) is 9.48. The van der Waals surface area contributed by atoms with Gasteiger partial charge in [-0.25, -0.2) is 4.79 Å². The van der Waals surface area contributed by atoms with E-state index in [1.54, 1.807) is 6.07 Å². The highest BCUT2D eigenvalue weighted by atomic mass is 16.5. The number of aromatic nitrogens is 2. The molecular weight excluding hydrogens is 292 g/mol. The van der Waals surface area contributed by atoms with Crippen LogP contribution in [0.15, 0.2) is 34.9 Å². The van der Waals surface area contributed by atoms with Crippen LogP contribution in [0.5, 0.6) is 0 Å². The Labute approximate surface area is 133 Å². The molecule has 1 aliphatic carbocycles. The molecule has 3 aromatic rings. The largest absolute Gasteiger partial charge is 0.454 e. The first kappa shape index (κ1) is 13.9. The van der Waals surface area contributed by atoms with Gasteiger partial charge in [0.25, 0.3) is 0 Å². The highest BCUT2D eigenvalue weighted by Crippen LogP contribution is 2.30. The van der Waals surface area contributed by atoms with E-state index < -0.39 is 0 Å². The van der Waals surface area contributed by atoms with Gasteiger partial charge in [-0.1, -0.05) is 23.4 Å². The summed E-state index contributed by atoms with van der Waals surface area (Å²) in [4.78, 5) is 17.4. The van der Waals surface area contributed by atoms with Crippen LogP contribution in [-0.4, -0.2) is 16.1 Å². The number of esters is 1. The summed E-state index contributed by atoms with van der Waals surface area (Å²) in [7, 11) is 0. The third-order valence-corrected chi connectivity index (χ3v) is 4.15. The van der Waals surface area contributed by atoms with Crippen LogP contribution < -0.4 is 0 Å². The van der Waals surface area contributed by atoms with Gasteiger partial charge in [0.2, 0.25) is 0 Å². The van der Waals surface area contributed by atoms with Crippen molar-refractivity contribution in [2.45, 2.75) is 32.8 Å². The number of hydrogen-bond acceptors (Lipinski definition) is 5. The molecule has 0 saturated heterocycles. The molecule has 0 aliphatic heterocycles. The lowest BCUT2D eigenvalue weighted by Gasteiger charge is -2.11. The van der Waals surface area contributed by atoms with Gasteiger partial charge in [-0.15, -0.1) is 0 Å².